The summed E-state index contributed by atoms with van der Waals surface area (Å²) in [4.78, 5) is 13.0. The monoisotopic (exact) mass is 526 g/mol. The highest BCUT2D eigenvalue weighted by atomic mass is 35.5. The van der Waals surface area contributed by atoms with E-state index in [1.807, 2.05) is 56.3 Å². The van der Waals surface area contributed by atoms with Crippen LogP contribution in [-0.4, -0.2) is 22.4 Å². The first-order valence-electron chi connectivity index (χ1n) is 11.1. The van der Waals surface area contributed by atoms with Crippen LogP contribution < -0.4 is 4.74 Å². The van der Waals surface area contributed by atoms with E-state index in [-0.39, 0.29) is 12.3 Å². The Bertz CT molecular complexity index is 1480. The van der Waals surface area contributed by atoms with Crippen LogP contribution in [-0.2, 0) is 10.3 Å². The van der Waals surface area contributed by atoms with E-state index < -0.39 is 11.6 Å². The summed E-state index contributed by atoms with van der Waals surface area (Å²) in [6.07, 6.45) is 0. The second kappa shape index (κ2) is 8.90. The van der Waals surface area contributed by atoms with Crippen molar-refractivity contribution in [2.24, 2.45) is 0 Å². The van der Waals surface area contributed by atoms with Crippen molar-refractivity contribution in [3.8, 4) is 33.8 Å². The molecule has 0 radical (unpaired) electrons. The molecule has 2 heterocycles. The average Bonchev–Trinajstić information content (AvgIpc) is 3.21. The maximum Gasteiger partial charge on any atom is 0.359 e. The van der Waals surface area contributed by atoms with Gasteiger partial charge in [-0.2, -0.15) is 5.10 Å². The molecule has 0 amide bonds. The minimum atomic E-state index is -0.888. The maximum absolute atomic E-state index is 13.0. The molecule has 35 heavy (non-hydrogen) atoms. The molecule has 4 aromatic rings. The van der Waals surface area contributed by atoms with Crippen LogP contribution in [0.5, 0.6) is 5.75 Å². The number of carbonyl (C=O) groups excluding carboxylic acids is 1. The molecule has 0 spiro atoms. The molecule has 8 heteroatoms. The number of benzene rings is 3. The van der Waals surface area contributed by atoms with Crippen LogP contribution in [0.2, 0.25) is 15.1 Å². The molecule has 0 bridgehead atoms. The summed E-state index contributed by atoms with van der Waals surface area (Å²) in [6.45, 7) is 5.77. The number of fused-ring (bicyclic) bond motifs is 3. The molecule has 0 saturated heterocycles. The molecule has 1 aliphatic heterocycles. The van der Waals surface area contributed by atoms with Crippen molar-refractivity contribution < 1.29 is 14.3 Å². The Morgan fingerprint density at radius 2 is 1.77 bits per heavy atom. The van der Waals surface area contributed by atoms with E-state index in [2.05, 4.69) is 5.10 Å². The zero-order valence-electron chi connectivity index (χ0n) is 19.2. The van der Waals surface area contributed by atoms with E-state index in [9.17, 15) is 4.79 Å². The summed E-state index contributed by atoms with van der Waals surface area (Å²) in [7, 11) is 0. The van der Waals surface area contributed by atoms with Gasteiger partial charge < -0.3 is 9.47 Å². The van der Waals surface area contributed by atoms with E-state index >= 15 is 0 Å². The van der Waals surface area contributed by atoms with Crippen LogP contribution in [0.1, 0.15) is 36.8 Å². The first kappa shape index (κ1) is 23.7. The first-order chi connectivity index (χ1) is 16.7. The molecular weight excluding hydrogens is 507 g/mol. The molecule has 5 nitrogen and oxygen atoms in total. The lowest BCUT2D eigenvalue weighted by molar-refractivity contribution is 0.0500. The molecule has 0 fully saturated rings. The number of nitrogens with zero attached hydrogens (tertiary/aromatic N) is 2. The largest absolute Gasteiger partial charge is 0.482 e. The Morgan fingerprint density at radius 1 is 1.00 bits per heavy atom. The number of rotatable bonds is 4. The number of halogens is 3. The second-order valence-corrected chi connectivity index (χ2v) is 9.85. The molecule has 1 aromatic heterocycles. The Morgan fingerprint density at radius 3 is 2.49 bits per heavy atom. The van der Waals surface area contributed by atoms with Crippen LogP contribution in [0.4, 0.5) is 0 Å². The molecular formula is C27H21Cl3N2O3. The van der Waals surface area contributed by atoms with Gasteiger partial charge >= 0.3 is 5.97 Å². The van der Waals surface area contributed by atoms with E-state index in [1.54, 1.807) is 29.8 Å². The van der Waals surface area contributed by atoms with Crippen molar-refractivity contribution in [2.45, 2.75) is 26.4 Å². The molecule has 5 rings (SSSR count). The Balaban J connectivity index is 1.79. The minimum absolute atomic E-state index is 0.179. The van der Waals surface area contributed by atoms with E-state index in [0.29, 0.717) is 37.8 Å². The van der Waals surface area contributed by atoms with Crippen LogP contribution >= 0.6 is 34.8 Å². The molecule has 178 valence electrons. The summed E-state index contributed by atoms with van der Waals surface area (Å²) in [5.41, 5.74) is 3.78. The fourth-order valence-electron chi connectivity index (χ4n) is 4.40. The summed E-state index contributed by atoms with van der Waals surface area (Å²) in [5, 5.41) is 6.22. The number of ether oxygens (including phenoxy) is 2. The summed E-state index contributed by atoms with van der Waals surface area (Å²) < 4.78 is 13.4. The minimum Gasteiger partial charge on any atom is -0.482 e. The molecule has 0 N–H and O–H groups in total. The zero-order chi connectivity index (χ0) is 24.9. The van der Waals surface area contributed by atoms with E-state index in [1.165, 1.54) is 0 Å². The third kappa shape index (κ3) is 4.08. The lowest BCUT2D eigenvalue weighted by Crippen LogP contribution is -2.31. The average molecular weight is 528 g/mol. The lowest BCUT2D eigenvalue weighted by Gasteiger charge is -2.33. The molecule has 0 unspecified atom stereocenters. The van der Waals surface area contributed by atoms with Gasteiger partial charge in [-0.05, 0) is 62.7 Å². The summed E-state index contributed by atoms with van der Waals surface area (Å²) in [5.74, 6) is 0.113. The fourth-order valence-corrected chi connectivity index (χ4v) is 5.13. The Labute approximate surface area is 218 Å². The quantitative estimate of drug-likeness (QED) is 0.253. The number of aromatic nitrogens is 2. The van der Waals surface area contributed by atoms with Gasteiger partial charge in [0.15, 0.2) is 5.69 Å². The normalized spacial score (nSPS) is 13.5. The predicted octanol–water partition coefficient (Wildman–Crippen LogP) is 7.97. The Kier molecular flexibility index (Phi) is 6.04. The van der Waals surface area contributed by atoms with Gasteiger partial charge in [0.2, 0.25) is 0 Å². The summed E-state index contributed by atoms with van der Waals surface area (Å²) in [6, 6.07) is 18.6. The standard InChI is InChI=1S/C27H21Cl3N2O3/c1-4-34-26(33)24-23-25(32(31-24)21-12-10-16(28)14-20(21)30)18-11-9-15(13-22(18)35-27(23,2)3)17-7-5-6-8-19(17)29/h5-14H,4H2,1-3H3. The molecule has 3 aromatic carbocycles. The third-order valence-corrected chi connectivity index (χ3v) is 6.75. The maximum atomic E-state index is 13.0. The first-order valence-corrected chi connectivity index (χ1v) is 12.2. The van der Waals surface area contributed by atoms with E-state index in [4.69, 9.17) is 44.3 Å². The van der Waals surface area contributed by atoms with Gasteiger partial charge in [0, 0.05) is 21.2 Å². The topological polar surface area (TPSA) is 53.3 Å². The molecule has 1 aliphatic rings. The number of hydrogen-bond acceptors (Lipinski definition) is 4. The number of hydrogen-bond donors (Lipinski definition) is 0. The van der Waals surface area contributed by atoms with Gasteiger partial charge in [0.25, 0.3) is 0 Å². The predicted molar refractivity (Wildman–Crippen MR) is 139 cm³/mol. The fraction of sp³-hybridized carbons (Fsp3) is 0.185. The van der Waals surface area contributed by atoms with Gasteiger partial charge in [-0.25, -0.2) is 9.48 Å². The molecule has 0 saturated carbocycles. The third-order valence-electron chi connectivity index (χ3n) is 5.88. The number of esters is 1. The van der Waals surface area contributed by atoms with Crippen molar-refractivity contribution in [1.82, 2.24) is 9.78 Å². The Hall–Kier alpha value is -2.99. The number of carbonyl (C=O) groups is 1. The van der Waals surface area contributed by atoms with Crippen molar-refractivity contribution in [1.29, 1.82) is 0 Å². The van der Waals surface area contributed by atoms with Crippen LogP contribution in [0.15, 0.2) is 60.7 Å². The molecule has 0 aliphatic carbocycles. The van der Waals surface area contributed by atoms with Crippen molar-refractivity contribution in [2.75, 3.05) is 6.61 Å². The van der Waals surface area contributed by atoms with Gasteiger partial charge in [-0.15, -0.1) is 0 Å². The smallest absolute Gasteiger partial charge is 0.359 e. The van der Waals surface area contributed by atoms with Crippen LogP contribution in [0.25, 0.3) is 28.1 Å². The SMILES string of the molecule is CCOC(=O)c1nn(-c2ccc(Cl)cc2Cl)c2c1C(C)(C)Oc1cc(-c3ccccc3Cl)ccc1-2. The van der Waals surface area contributed by atoms with Crippen LogP contribution in [0, 0.1) is 0 Å². The van der Waals surface area contributed by atoms with Gasteiger partial charge in [0.1, 0.15) is 11.4 Å². The van der Waals surface area contributed by atoms with Crippen molar-refractivity contribution in [3.05, 3.63) is 87.0 Å². The lowest BCUT2D eigenvalue weighted by atomic mass is 9.88. The zero-order valence-corrected chi connectivity index (χ0v) is 21.5. The van der Waals surface area contributed by atoms with Gasteiger partial charge in [-0.1, -0.05) is 59.1 Å². The van der Waals surface area contributed by atoms with Crippen molar-refractivity contribution in [3.63, 3.8) is 0 Å². The van der Waals surface area contributed by atoms with E-state index in [0.717, 1.165) is 16.7 Å². The van der Waals surface area contributed by atoms with Gasteiger partial charge in [0.05, 0.1) is 28.6 Å². The van der Waals surface area contributed by atoms with Crippen molar-refractivity contribution >= 4 is 40.8 Å². The highest BCUT2D eigenvalue weighted by Crippen LogP contribution is 2.49. The highest BCUT2D eigenvalue weighted by molar-refractivity contribution is 6.35. The highest BCUT2D eigenvalue weighted by Gasteiger charge is 2.42. The second-order valence-electron chi connectivity index (χ2n) is 8.60. The van der Waals surface area contributed by atoms with Gasteiger partial charge in [-0.3, -0.25) is 0 Å². The molecule has 0 atom stereocenters. The van der Waals surface area contributed by atoms with Crippen LogP contribution in [0.3, 0.4) is 0 Å². The summed E-state index contributed by atoms with van der Waals surface area (Å²) >= 11 is 19.2.